The van der Waals surface area contributed by atoms with Gasteiger partial charge in [-0.25, -0.2) is 4.79 Å². The predicted octanol–water partition coefficient (Wildman–Crippen LogP) is 6.21. The number of ether oxygens (including phenoxy) is 3. The first-order valence-electron chi connectivity index (χ1n) is 12.2. The molecule has 1 aromatic heterocycles. The molecule has 1 atom stereocenters. The van der Waals surface area contributed by atoms with Gasteiger partial charge in [0.15, 0.2) is 6.10 Å². The standard InChI is InChI=1S/C30H33NO4/c1-4-33-29(30(32)34-5-2)21-23-14-16-25(17-15-23)35-20-19-31-22(3)13-18-28(31)27-12-8-10-24-9-6-7-11-26(24)27/h6-18,29H,4-5,19-21H2,1-3H3. The maximum Gasteiger partial charge on any atom is 0.335 e. The number of aryl methyl sites for hydroxylation is 1. The van der Waals surface area contributed by atoms with Gasteiger partial charge in [-0.3, -0.25) is 0 Å². The van der Waals surface area contributed by atoms with Crippen LogP contribution in [0.2, 0.25) is 0 Å². The highest BCUT2D eigenvalue weighted by molar-refractivity contribution is 5.96. The number of esters is 1. The summed E-state index contributed by atoms with van der Waals surface area (Å²) in [7, 11) is 0. The normalized spacial score (nSPS) is 12.0. The third-order valence-corrected chi connectivity index (χ3v) is 6.11. The topological polar surface area (TPSA) is 49.7 Å². The van der Waals surface area contributed by atoms with Gasteiger partial charge in [0.25, 0.3) is 0 Å². The molecule has 5 heteroatoms. The highest BCUT2D eigenvalue weighted by Gasteiger charge is 2.20. The van der Waals surface area contributed by atoms with E-state index in [0.29, 0.717) is 26.2 Å². The van der Waals surface area contributed by atoms with Gasteiger partial charge < -0.3 is 18.8 Å². The van der Waals surface area contributed by atoms with E-state index in [1.807, 2.05) is 31.2 Å². The lowest BCUT2D eigenvalue weighted by molar-refractivity contribution is -0.156. The summed E-state index contributed by atoms with van der Waals surface area (Å²) in [5.41, 5.74) is 4.63. The van der Waals surface area contributed by atoms with Crippen molar-refractivity contribution in [1.82, 2.24) is 4.57 Å². The van der Waals surface area contributed by atoms with Crippen LogP contribution in [0.15, 0.2) is 78.9 Å². The summed E-state index contributed by atoms with van der Waals surface area (Å²) in [4.78, 5) is 12.1. The van der Waals surface area contributed by atoms with Gasteiger partial charge in [0.05, 0.1) is 13.2 Å². The van der Waals surface area contributed by atoms with Crippen molar-refractivity contribution >= 4 is 16.7 Å². The molecule has 0 aliphatic heterocycles. The smallest absolute Gasteiger partial charge is 0.335 e. The Labute approximate surface area is 207 Å². The van der Waals surface area contributed by atoms with Gasteiger partial charge in [-0.1, -0.05) is 54.6 Å². The minimum Gasteiger partial charge on any atom is -0.492 e. The molecule has 0 fully saturated rings. The van der Waals surface area contributed by atoms with E-state index >= 15 is 0 Å². The SMILES string of the molecule is CCOC(=O)C(Cc1ccc(OCCn2c(C)ccc2-c2cccc3ccccc23)cc1)OCC. The second-order valence-corrected chi connectivity index (χ2v) is 8.43. The van der Waals surface area contributed by atoms with E-state index in [9.17, 15) is 4.79 Å². The Morgan fingerprint density at radius 3 is 2.43 bits per heavy atom. The summed E-state index contributed by atoms with van der Waals surface area (Å²) in [6.07, 6.45) is -0.111. The lowest BCUT2D eigenvalue weighted by Gasteiger charge is -2.16. The summed E-state index contributed by atoms with van der Waals surface area (Å²) in [5.74, 6) is 0.480. The number of benzene rings is 3. The molecule has 4 rings (SSSR count). The van der Waals surface area contributed by atoms with Crippen LogP contribution in [0.1, 0.15) is 25.1 Å². The molecule has 0 saturated carbocycles. The molecule has 5 nitrogen and oxygen atoms in total. The molecule has 0 spiro atoms. The van der Waals surface area contributed by atoms with Gasteiger partial charge in [0, 0.05) is 30.0 Å². The predicted molar refractivity (Wildman–Crippen MR) is 140 cm³/mol. The number of rotatable bonds is 11. The Balaban J connectivity index is 1.40. The van der Waals surface area contributed by atoms with Crippen LogP contribution < -0.4 is 4.74 Å². The zero-order valence-electron chi connectivity index (χ0n) is 20.7. The van der Waals surface area contributed by atoms with Crippen molar-refractivity contribution in [2.24, 2.45) is 0 Å². The Kier molecular flexibility index (Phi) is 8.22. The second-order valence-electron chi connectivity index (χ2n) is 8.43. The van der Waals surface area contributed by atoms with E-state index in [1.54, 1.807) is 6.92 Å². The summed E-state index contributed by atoms with van der Waals surface area (Å²) >= 11 is 0. The molecule has 4 aromatic rings. The number of fused-ring (bicyclic) bond motifs is 1. The van der Waals surface area contributed by atoms with Gasteiger partial charge in [-0.2, -0.15) is 0 Å². The summed E-state index contributed by atoms with van der Waals surface area (Å²) in [6.45, 7) is 7.91. The van der Waals surface area contributed by atoms with Gasteiger partial charge in [-0.05, 0) is 61.4 Å². The van der Waals surface area contributed by atoms with Crippen LogP contribution in [0.4, 0.5) is 0 Å². The van der Waals surface area contributed by atoms with Gasteiger partial charge in [0.1, 0.15) is 12.4 Å². The number of hydrogen-bond donors (Lipinski definition) is 0. The van der Waals surface area contributed by atoms with Crippen LogP contribution in [0.25, 0.3) is 22.0 Å². The molecule has 0 N–H and O–H groups in total. The molecule has 3 aromatic carbocycles. The molecule has 0 saturated heterocycles. The van der Waals surface area contributed by atoms with Crippen molar-refractivity contribution in [2.45, 2.75) is 39.8 Å². The monoisotopic (exact) mass is 471 g/mol. The summed E-state index contributed by atoms with van der Waals surface area (Å²) < 4.78 is 19.1. The third-order valence-electron chi connectivity index (χ3n) is 6.11. The number of hydrogen-bond acceptors (Lipinski definition) is 4. The lowest BCUT2D eigenvalue weighted by atomic mass is 10.0. The van der Waals surface area contributed by atoms with Crippen LogP contribution in [-0.2, 0) is 27.2 Å². The zero-order valence-corrected chi connectivity index (χ0v) is 20.7. The number of aromatic nitrogens is 1. The van der Waals surface area contributed by atoms with E-state index < -0.39 is 6.10 Å². The fourth-order valence-electron chi connectivity index (χ4n) is 4.39. The molecule has 0 bridgehead atoms. The fourth-order valence-corrected chi connectivity index (χ4v) is 4.39. The zero-order chi connectivity index (χ0) is 24.6. The second kappa shape index (κ2) is 11.7. The Morgan fingerprint density at radius 2 is 1.66 bits per heavy atom. The third kappa shape index (κ3) is 5.92. The molecule has 1 heterocycles. The maximum atomic E-state index is 12.1. The Morgan fingerprint density at radius 1 is 0.886 bits per heavy atom. The highest BCUT2D eigenvalue weighted by Crippen LogP contribution is 2.30. The van der Waals surface area contributed by atoms with Crippen LogP contribution >= 0.6 is 0 Å². The largest absolute Gasteiger partial charge is 0.492 e. The molecule has 0 aliphatic rings. The quantitative estimate of drug-likeness (QED) is 0.244. The minimum atomic E-state index is -0.587. The lowest BCUT2D eigenvalue weighted by Crippen LogP contribution is -2.28. The number of nitrogens with zero attached hydrogens (tertiary/aromatic N) is 1. The van der Waals surface area contributed by atoms with E-state index in [2.05, 4.69) is 66.1 Å². The van der Waals surface area contributed by atoms with Crippen LogP contribution in [0, 0.1) is 6.92 Å². The van der Waals surface area contributed by atoms with E-state index in [-0.39, 0.29) is 5.97 Å². The molecule has 0 aliphatic carbocycles. The van der Waals surface area contributed by atoms with Gasteiger partial charge in [0.2, 0.25) is 0 Å². The summed E-state index contributed by atoms with van der Waals surface area (Å²) in [5, 5.41) is 2.49. The van der Waals surface area contributed by atoms with Crippen LogP contribution in [0.3, 0.4) is 0 Å². The van der Waals surface area contributed by atoms with Crippen molar-refractivity contribution in [3.8, 4) is 17.0 Å². The highest BCUT2D eigenvalue weighted by atomic mass is 16.6. The van der Waals surface area contributed by atoms with Crippen molar-refractivity contribution in [1.29, 1.82) is 0 Å². The van der Waals surface area contributed by atoms with Gasteiger partial charge >= 0.3 is 5.97 Å². The molecule has 35 heavy (non-hydrogen) atoms. The van der Waals surface area contributed by atoms with E-state index in [0.717, 1.165) is 17.9 Å². The van der Waals surface area contributed by atoms with Gasteiger partial charge in [-0.15, -0.1) is 0 Å². The maximum absolute atomic E-state index is 12.1. The van der Waals surface area contributed by atoms with E-state index in [1.165, 1.54) is 27.7 Å². The average Bonchev–Trinajstić information content (AvgIpc) is 3.24. The number of carbonyl (C=O) groups is 1. The van der Waals surface area contributed by atoms with Crippen molar-refractivity contribution in [3.63, 3.8) is 0 Å². The first-order valence-corrected chi connectivity index (χ1v) is 12.2. The Bertz CT molecular complexity index is 1250. The van der Waals surface area contributed by atoms with Crippen molar-refractivity contribution in [3.05, 3.63) is 90.1 Å². The molecule has 1 unspecified atom stereocenters. The first-order chi connectivity index (χ1) is 17.1. The number of carbonyl (C=O) groups excluding carboxylic acids is 1. The molecular weight excluding hydrogens is 438 g/mol. The minimum absolute atomic E-state index is 0.321. The fraction of sp³-hybridized carbons (Fsp3) is 0.300. The molecular formula is C30H33NO4. The Hall–Kier alpha value is -3.57. The van der Waals surface area contributed by atoms with E-state index in [4.69, 9.17) is 14.2 Å². The van der Waals surface area contributed by atoms with Crippen molar-refractivity contribution < 1.29 is 19.0 Å². The summed E-state index contributed by atoms with van der Waals surface area (Å²) in [6, 6.07) is 27.1. The molecule has 0 amide bonds. The molecule has 182 valence electrons. The first kappa shape index (κ1) is 24.6. The average molecular weight is 472 g/mol. The van der Waals surface area contributed by atoms with Crippen LogP contribution in [0.5, 0.6) is 5.75 Å². The molecule has 0 radical (unpaired) electrons. The van der Waals surface area contributed by atoms with Crippen LogP contribution in [-0.4, -0.2) is 36.5 Å². The van der Waals surface area contributed by atoms with Crippen molar-refractivity contribution in [2.75, 3.05) is 19.8 Å².